The van der Waals surface area contributed by atoms with Crippen LogP contribution >= 0.6 is 0 Å². The van der Waals surface area contributed by atoms with E-state index in [1.807, 2.05) is 26.8 Å². The Hall–Kier alpha value is -3.65. The number of allylic oxidation sites excluding steroid dienone is 2. The lowest BCUT2D eigenvalue weighted by atomic mass is 9.73. The van der Waals surface area contributed by atoms with Crippen molar-refractivity contribution in [3.05, 3.63) is 94.1 Å². The number of nitrogens with one attached hydrogen (secondary N) is 2. The molecule has 2 aromatic rings. The van der Waals surface area contributed by atoms with Gasteiger partial charge in [-0.25, -0.2) is 0 Å². The molecule has 0 saturated heterocycles. The third kappa shape index (κ3) is 5.31. The summed E-state index contributed by atoms with van der Waals surface area (Å²) in [6, 6.07) is 9.65. The average molecular weight is 525 g/mol. The van der Waals surface area contributed by atoms with Crippen LogP contribution in [0.25, 0.3) is 5.57 Å². The topological polar surface area (TPSA) is 78.4 Å². The summed E-state index contributed by atoms with van der Waals surface area (Å²) in [5.41, 5.74) is 1.43. The van der Waals surface area contributed by atoms with E-state index in [4.69, 9.17) is 0 Å². The van der Waals surface area contributed by atoms with E-state index in [1.165, 1.54) is 6.07 Å². The van der Waals surface area contributed by atoms with Crippen LogP contribution in [0.2, 0.25) is 0 Å². The molecule has 0 spiro atoms. The van der Waals surface area contributed by atoms with Gasteiger partial charge in [0.2, 0.25) is 5.91 Å². The van der Waals surface area contributed by atoms with Crippen LogP contribution in [-0.4, -0.2) is 34.9 Å². The molecule has 2 aliphatic heterocycles. The van der Waals surface area contributed by atoms with Crippen molar-refractivity contribution < 1.29 is 27.9 Å². The maximum Gasteiger partial charge on any atom is 0.416 e. The van der Waals surface area contributed by atoms with Crippen LogP contribution in [-0.2, 0) is 22.2 Å². The molecule has 38 heavy (non-hydrogen) atoms. The summed E-state index contributed by atoms with van der Waals surface area (Å²) in [6.07, 6.45) is 1.85. The van der Waals surface area contributed by atoms with Crippen LogP contribution < -0.4 is 10.6 Å². The maximum atomic E-state index is 13.8. The molecule has 0 saturated carbocycles. The lowest BCUT2D eigenvalue weighted by Gasteiger charge is -2.44. The highest BCUT2D eigenvalue weighted by Gasteiger charge is 2.47. The van der Waals surface area contributed by atoms with Gasteiger partial charge in [0.25, 0.3) is 0 Å². The number of benzene rings is 2. The number of phenolic OH excluding ortho intramolecular Hbond substituents is 1. The summed E-state index contributed by atoms with van der Waals surface area (Å²) in [7, 11) is 0. The zero-order valence-corrected chi connectivity index (χ0v) is 21.7. The number of fused-ring (bicyclic) bond motifs is 3. The summed E-state index contributed by atoms with van der Waals surface area (Å²) < 4.78 is 40.2. The SMILES string of the molecule is Cc1cc(CC(C)NC(=O)C23C=C(C=O)/C(=C/C(c4cccc(C(F)(F)F)c4)=C\C2C)C(C)N3)ccc1O. The van der Waals surface area contributed by atoms with Gasteiger partial charge in [-0.3, -0.25) is 14.9 Å². The van der Waals surface area contributed by atoms with E-state index in [0.29, 0.717) is 35.0 Å². The molecule has 4 unspecified atom stereocenters. The summed E-state index contributed by atoms with van der Waals surface area (Å²) in [5, 5.41) is 16.2. The molecule has 3 aliphatic rings. The predicted molar refractivity (Wildman–Crippen MR) is 140 cm³/mol. The van der Waals surface area contributed by atoms with Gasteiger partial charge in [0, 0.05) is 23.6 Å². The third-order valence-electron chi connectivity index (χ3n) is 7.30. The zero-order valence-electron chi connectivity index (χ0n) is 21.7. The Kier molecular flexibility index (Phi) is 7.39. The molecule has 0 radical (unpaired) electrons. The molecule has 2 bridgehead atoms. The molecule has 5 nitrogen and oxygen atoms in total. The summed E-state index contributed by atoms with van der Waals surface area (Å²) in [6.45, 7) is 7.31. The Morgan fingerprint density at radius 1 is 1.21 bits per heavy atom. The maximum absolute atomic E-state index is 13.8. The van der Waals surface area contributed by atoms with Crippen LogP contribution in [0.5, 0.6) is 5.75 Å². The molecular weight excluding hydrogens is 493 g/mol. The number of carbonyl (C=O) groups excluding carboxylic acids is 2. The second-order valence-corrected chi connectivity index (χ2v) is 10.2. The van der Waals surface area contributed by atoms with E-state index in [1.54, 1.807) is 43.4 Å². The van der Waals surface area contributed by atoms with Crippen molar-refractivity contribution in [2.45, 2.75) is 57.9 Å². The third-order valence-corrected chi connectivity index (χ3v) is 7.30. The van der Waals surface area contributed by atoms with Crippen LogP contribution in [0.3, 0.4) is 0 Å². The van der Waals surface area contributed by atoms with Crippen molar-refractivity contribution in [2.75, 3.05) is 0 Å². The first-order valence-corrected chi connectivity index (χ1v) is 12.5. The molecule has 5 rings (SSSR count). The number of alkyl halides is 3. The quantitative estimate of drug-likeness (QED) is 0.450. The van der Waals surface area contributed by atoms with Crippen molar-refractivity contribution in [3.8, 4) is 5.75 Å². The van der Waals surface area contributed by atoms with Gasteiger partial charge in [0.05, 0.1) is 5.56 Å². The molecule has 4 atom stereocenters. The standard InChI is InChI=1S/C30H31F3N2O3/c1-17-10-21(8-9-27(17)37)12-19(3)34-28(38)29-15-24(16-36)26(20(4)35-29)14-23(11-18(29)2)22-6-5-7-25(13-22)30(31,32)33/h5-11,13-16,18-20,35,37H,12H2,1-4H3,(H,34,38)/b23-11+,26-14+. The molecule has 2 aromatic carbocycles. The number of rotatable bonds is 6. The number of carbonyl (C=O) groups is 2. The van der Waals surface area contributed by atoms with Gasteiger partial charge >= 0.3 is 6.18 Å². The van der Waals surface area contributed by atoms with Gasteiger partial charge in [0.1, 0.15) is 17.6 Å². The van der Waals surface area contributed by atoms with Crippen molar-refractivity contribution in [2.24, 2.45) is 5.92 Å². The first kappa shape index (κ1) is 27.4. The summed E-state index contributed by atoms with van der Waals surface area (Å²) >= 11 is 0. The van der Waals surface area contributed by atoms with Crippen LogP contribution in [0.15, 0.2) is 71.8 Å². The zero-order chi connectivity index (χ0) is 27.8. The molecule has 1 aliphatic carbocycles. The fraction of sp³-hybridized carbons (Fsp3) is 0.333. The first-order valence-electron chi connectivity index (χ1n) is 12.5. The Morgan fingerprint density at radius 3 is 2.61 bits per heavy atom. The Morgan fingerprint density at radius 2 is 1.95 bits per heavy atom. The molecule has 2 heterocycles. The fourth-order valence-corrected chi connectivity index (χ4v) is 5.23. The highest BCUT2D eigenvalue weighted by atomic mass is 19.4. The van der Waals surface area contributed by atoms with Gasteiger partial charge in [-0.05, 0) is 85.4 Å². The van der Waals surface area contributed by atoms with E-state index < -0.39 is 29.2 Å². The minimum atomic E-state index is -4.49. The molecule has 8 heteroatoms. The molecule has 0 aromatic heterocycles. The summed E-state index contributed by atoms with van der Waals surface area (Å²) in [5.74, 6) is -0.641. The van der Waals surface area contributed by atoms with Crippen molar-refractivity contribution in [1.82, 2.24) is 10.6 Å². The number of phenols is 1. The molecule has 3 N–H and O–H groups in total. The Labute approximate surface area is 220 Å². The van der Waals surface area contributed by atoms with E-state index in [-0.39, 0.29) is 17.7 Å². The molecular formula is C30H31F3N2O3. The van der Waals surface area contributed by atoms with Crippen LogP contribution in [0.1, 0.15) is 43.0 Å². The van der Waals surface area contributed by atoms with Crippen LogP contribution in [0, 0.1) is 12.8 Å². The molecule has 1 amide bonds. The highest BCUT2D eigenvalue weighted by molar-refractivity contribution is 5.96. The van der Waals surface area contributed by atoms with E-state index in [2.05, 4.69) is 10.6 Å². The van der Waals surface area contributed by atoms with Gasteiger partial charge in [-0.1, -0.05) is 37.3 Å². The van der Waals surface area contributed by atoms with E-state index in [9.17, 15) is 27.9 Å². The highest BCUT2D eigenvalue weighted by Crippen LogP contribution is 2.39. The Bertz CT molecular complexity index is 1360. The van der Waals surface area contributed by atoms with Crippen molar-refractivity contribution >= 4 is 17.8 Å². The lowest BCUT2D eigenvalue weighted by molar-refractivity contribution is -0.137. The largest absolute Gasteiger partial charge is 0.508 e. The molecule has 0 fully saturated rings. The minimum absolute atomic E-state index is 0.201. The number of amides is 1. The van der Waals surface area contributed by atoms with Gasteiger partial charge in [-0.2, -0.15) is 13.2 Å². The minimum Gasteiger partial charge on any atom is -0.508 e. The number of hydrogen-bond acceptors (Lipinski definition) is 4. The van der Waals surface area contributed by atoms with Gasteiger partial charge < -0.3 is 10.4 Å². The second-order valence-electron chi connectivity index (χ2n) is 10.2. The number of halogens is 3. The Balaban J connectivity index is 1.70. The fourth-order valence-electron chi connectivity index (χ4n) is 5.23. The predicted octanol–water partition coefficient (Wildman–Crippen LogP) is 5.28. The number of hydrogen-bond donors (Lipinski definition) is 3. The van der Waals surface area contributed by atoms with E-state index >= 15 is 0 Å². The lowest BCUT2D eigenvalue weighted by Crippen LogP contribution is -2.65. The normalized spacial score (nSPS) is 26.7. The first-order chi connectivity index (χ1) is 17.8. The van der Waals surface area contributed by atoms with Gasteiger partial charge in [0.15, 0.2) is 0 Å². The van der Waals surface area contributed by atoms with Crippen LogP contribution in [0.4, 0.5) is 13.2 Å². The van der Waals surface area contributed by atoms with E-state index in [0.717, 1.165) is 23.3 Å². The average Bonchev–Trinajstić information content (AvgIpc) is 2.84. The number of aromatic hydroxyl groups is 1. The van der Waals surface area contributed by atoms with Gasteiger partial charge in [-0.15, -0.1) is 0 Å². The summed E-state index contributed by atoms with van der Waals surface area (Å²) in [4.78, 5) is 26.0. The smallest absolute Gasteiger partial charge is 0.416 e. The monoisotopic (exact) mass is 524 g/mol. The number of aldehydes is 1. The van der Waals surface area contributed by atoms with Crippen molar-refractivity contribution in [3.63, 3.8) is 0 Å². The van der Waals surface area contributed by atoms with Crippen molar-refractivity contribution in [1.29, 1.82) is 0 Å². The molecule has 200 valence electrons. The number of aryl methyl sites for hydroxylation is 1. The second kappa shape index (κ2) is 10.3.